The Morgan fingerprint density at radius 3 is 2.34 bits per heavy atom. The molecule has 0 unspecified atom stereocenters. The Kier molecular flexibility index (Phi) is 5.24. The van der Waals surface area contributed by atoms with Crippen LogP contribution >= 0.6 is 0 Å². The van der Waals surface area contributed by atoms with Gasteiger partial charge in [-0.15, -0.1) is 0 Å². The highest BCUT2D eigenvalue weighted by Crippen LogP contribution is 2.41. The lowest BCUT2D eigenvalue weighted by Gasteiger charge is -2.35. The van der Waals surface area contributed by atoms with E-state index in [1.807, 2.05) is 12.1 Å². The lowest BCUT2D eigenvalue weighted by molar-refractivity contribution is -0.139. The van der Waals surface area contributed by atoms with Gasteiger partial charge in [0.1, 0.15) is 11.3 Å². The molecular formula is C22H23F3N4O2S. The van der Waals surface area contributed by atoms with Crippen LogP contribution in [0, 0.1) is 0 Å². The number of halogens is 3. The van der Waals surface area contributed by atoms with Gasteiger partial charge >= 0.3 is 6.18 Å². The van der Waals surface area contributed by atoms with E-state index < -0.39 is 26.7 Å². The molecule has 6 nitrogen and oxygen atoms in total. The average molecular weight is 465 g/mol. The third-order valence-electron chi connectivity index (χ3n) is 6.55. The monoisotopic (exact) mass is 464 g/mol. The summed E-state index contributed by atoms with van der Waals surface area (Å²) in [5, 5.41) is 0. The van der Waals surface area contributed by atoms with Crippen molar-refractivity contribution < 1.29 is 21.6 Å². The quantitative estimate of drug-likeness (QED) is 0.559. The van der Waals surface area contributed by atoms with E-state index >= 15 is 0 Å². The summed E-state index contributed by atoms with van der Waals surface area (Å²) in [6.45, 7) is 0.297. The second kappa shape index (κ2) is 7.84. The zero-order chi connectivity index (χ0) is 22.5. The maximum Gasteiger partial charge on any atom is 0.417 e. The van der Waals surface area contributed by atoms with E-state index in [0.29, 0.717) is 18.8 Å². The number of rotatable bonds is 4. The standard InChI is InChI=1S/C22H23F3N4O2S/c23-22(24,25)17-7-1-2-9-19(17)32(30,31)28-13-10-16(11-14-28)29-20(15-5-3-6-15)27-18-8-4-12-26-21(18)29/h1-2,4,7-9,12,15-16H,3,5-6,10-11,13-14H2. The Morgan fingerprint density at radius 1 is 0.969 bits per heavy atom. The van der Waals surface area contributed by atoms with Crippen molar-refractivity contribution in [3.63, 3.8) is 0 Å². The summed E-state index contributed by atoms with van der Waals surface area (Å²) < 4.78 is 69.7. The second-order valence-electron chi connectivity index (χ2n) is 8.44. The molecule has 2 fully saturated rings. The van der Waals surface area contributed by atoms with Crippen LogP contribution in [0.1, 0.15) is 55.5 Å². The number of pyridine rings is 1. The molecule has 3 aromatic rings. The highest BCUT2D eigenvalue weighted by atomic mass is 32.2. The Hall–Kier alpha value is -2.46. The number of benzene rings is 1. The van der Waals surface area contributed by atoms with E-state index in [4.69, 9.17) is 4.98 Å². The second-order valence-corrected chi connectivity index (χ2v) is 10.3. The van der Waals surface area contributed by atoms with Gasteiger partial charge in [-0.25, -0.2) is 18.4 Å². The number of hydrogen-bond donors (Lipinski definition) is 0. The van der Waals surface area contributed by atoms with Crippen molar-refractivity contribution in [3.8, 4) is 0 Å². The molecule has 5 rings (SSSR count). The van der Waals surface area contributed by atoms with Crippen LogP contribution in [0.4, 0.5) is 13.2 Å². The summed E-state index contributed by atoms with van der Waals surface area (Å²) in [6, 6.07) is 8.15. The number of imidazole rings is 1. The molecule has 32 heavy (non-hydrogen) atoms. The van der Waals surface area contributed by atoms with Gasteiger partial charge in [0, 0.05) is 31.2 Å². The fraction of sp³-hybridized carbons (Fsp3) is 0.455. The molecule has 10 heteroatoms. The number of sulfonamides is 1. The number of aromatic nitrogens is 3. The highest BCUT2D eigenvalue weighted by molar-refractivity contribution is 7.89. The molecule has 1 aliphatic carbocycles. The number of nitrogens with zero attached hydrogens (tertiary/aromatic N) is 4. The highest BCUT2D eigenvalue weighted by Gasteiger charge is 2.40. The van der Waals surface area contributed by atoms with Gasteiger partial charge in [-0.3, -0.25) is 0 Å². The molecule has 0 N–H and O–H groups in total. The molecule has 2 aromatic heterocycles. The number of hydrogen-bond acceptors (Lipinski definition) is 4. The first-order chi connectivity index (χ1) is 15.3. The maximum atomic E-state index is 13.4. The van der Waals surface area contributed by atoms with Gasteiger partial charge < -0.3 is 4.57 Å². The van der Waals surface area contributed by atoms with Crippen LogP contribution in [0.25, 0.3) is 11.2 Å². The molecule has 0 radical (unpaired) electrons. The van der Waals surface area contributed by atoms with Crippen molar-refractivity contribution >= 4 is 21.2 Å². The summed E-state index contributed by atoms with van der Waals surface area (Å²) in [5.41, 5.74) is 0.487. The van der Waals surface area contributed by atoms with Crippen LogP contribution in [-0.2, 0) is 16.2 Å². The van der Waals surface area contributed by atoms with Gasteiger partial charge in [0.05, 0.1) is 10.5 Å². The van der Waals surface area contributed by atoms with Crippen LogP contribution < -0.4 is 0 Å². The van der Waals surface area contributed by atoms with Crippen LogP contribution in [-0.4, -0.2) is 40.3 Å². The lowest BCUT2D eigenvalue weighted by Crippen LogP contribution is -2.40. The number of piperidine rings is 1. The van der Waals surface area contributed by atoms with E-state index in [2.05, 4.69) is 9.55 Å². The number of alkyl halides is 3. The summed E-state index contributed by atoms with van der Waals surface area (Å²) in [7, 11) is -4.26. The summed E-state index contributed by atoms with van der Waals surface area (Å²) in [4.78, 5) is 8.64. The van der Waals surface area contributed by atoms with Gasteiger partial charge in [0.15, 0.2) is 5.65 Å². The summed E-state index contributed by atoms with van der Waals surface area (Å²) in [6.07, 6.45) is 1.29. The van der Waals surface area contributed by atoms with Gasteiger partial charge in [0.25, 0.3) is 0 Å². The predicted molar refractivity (Wildman–Crippen MR) is 113 cm³/mol. The van der Waals surface area contributed by atoms with Crippen LogP contribution in [0.5, 0.6) is 0 Å². The Bertz CT molecular complexity index is 1240. The van der Waals surface area contributed by atoms with Crippen LogP contribution in [0.2, 0.25) is 0 Å². The Labute approximate surface area is 184 Å². The zero-order valence-electron chi connectivity index (χ0n) is 17.3. The minimum absolute atomic E-state index is 0.00908. The largest absolute Gasteiger partial charge is 0.417 e. The van der Waals surface area contributed by atoms with Gasteiger partial charge in [-0.1, -0.05) is 18.6 Å². The van der Waals surface area contributed by atoms with E-state index in [9.17, 15) is 21.6 Å². The van der Waals surface area contributed by atoms with Crippen molar-refractivity contribution in [1.29, 1.82) is 0 Å². The normalized spacial score (nSPS) is 19.3. The Balaban J connectivity index is 1.42. The zero-order valence-corrected chi connectivity index (χ0v) is 18.1. The predicted octanol–water partition coefficient (Wildman–Crippen LogP) is 4.74. The summed E-state index contributed by atoms with van der Waals surface area (Å²) >= 11 is 0. The first kappa shape index (κ1) is 21.4. The van der Waals surface area contributed by atoms with Crippen molar-refractivity contribution in [2.45, 2.75) is 55.1 Å². The fourth-order valence-electron chi connectivity index (χ4n) is 4.67. The molecule has 1 aromatic carbocycles. The summed E-state index contributed by atoms with van der Waals surface area (Å²) in [5.74, 6) is 1.37. The average Bonchev–Trinajstić information content (AvgIpc) is 3.10. The minimum atomic E-state index is -4.74. The van der Waals surface area contributed by atoms with E-state index in [0.717, 1.165) is 48.4 Å². The molecule has 1 saturated carbocycles. The molecule has 2 aliphatic rings. The third kappa shape index (κ3) is 3.59. The molecule has 170 valence electrons. The number of fused-ring (bicyclic) bond motifs is 1. The molecule has 1 saturated heterocycles. The molecular weight excluding hydrogens is 441 g/mol. The first-order valence-electron chi connectivity index (χ1n) is 10.8. The van der Waals surface area contributed by atoms with Gasteiger partial charge in [0.2, 0.25) is 10.0 Å². The van der Waals surface area contributed by atoms with Crippen molar-refractivity contribution in [1.82, 2.24) is 18.8 Å². The smallest absolute Gasteiger partial charge is 0.309 e. The lowest BCUT2D eigenvalue weighted by atomic mass is 9.84. The van der Waals surface area contributed by atoms with E-state index in [1.165, 1.54) is 16.4 Å². The van der Waals surface area contributed by atoms with E-state index in [-0.39, 0.29) is 19.1 Å². The third-order valence-corrected chi connectivity index (χ3v) is 8.50. The van der Waals surface area contributed by atoms with E-state index in [1.54, 1.807) is 6.20 Å². The Morgan fingerprint density at radius 2 is 1.69 bits per heavy atom. The molecule has 0 atom stereocenters. The minimum Gasteiger partial charge on any atom is -0.309 e. The van der Waals surface area contributed by atoms with Crippen LogP contribution in [0.15, 0.2) is 47.5 Å². The van der Waals surface area contributed by atoms with Crippen molar-refractivity contribution in [2.75, 3.05) is 13.1 Å². The van der Waals surface area contributed by atoms with Crippen molar-refractivity contribution in [2.24, 2.45) is 0 Å². The van der Waals surface area contributed by atoms with Gasteiger partial charge in [-0.2, -0.15) is 17.5 Å². The molecule has 3 heterocycles. The fourth-order valence-corrected chi connectivity index (χ4v) is 6.35. The first-order valence-corrected chi connectivity index (χ1v) is 12.2. The SMILES string of the molecule is O=S(=O)(c1ccccc1C(F)(F)F)N1CCC(n2c(C3CCC3)nc3cccnc32)CC1. The topological polar surface area (TPSA) is 68.1 Å². The maximum absolute atomic E-state index is 13.4. The molecule has 1 aliphatic heterocycles. The molecule has 0 bridgehead atoms. The van der Waals surface area contributed by atoms with Gasteiger partial charge in [-0.05, 0) is 49.9 Å². The molecule has 0 amide bonds. The molecule has 0 spiro atoms. The van der Waals surface area contributed by atoms with Crippen molar-refractivity contribution in [3.05, 3.63) is 54.0 Å². The van der Waals surface area contributed by atoms with Crippen LogP contribution in [0.3, 0.4) is 0 Å².